The van der Waals surface area contributed by atoms with Crippen LogP contribution >= 0.6 is 15.9 Å². The number of nitrogens with zero attached hydrogens (tertiary/aromatic N) is 1. The van der Waals surface area contributed by atoms with Crippen molar-refractivity contribution >= 4 is 26.0 Å². The second kappa shape index (κ2) is 6.83. The minimum atomic E-state index is -3.80. The zero-order valence-corrected chi connectivity index (χ0v) is 15.2. The third-order valence-electron chi connectivity index (χ3n) is 3.47. The Bertz CT molecular complexity index is 820. The van der Waals surface area contributed by atoms with E-state index in [1.165, 1.54) is 12.1 Å². The van der Waals surface area contributed by atoms with Crippen LogP contribution in [-0.4, -0.2) is 15.0 Å². The van der Waals surface area contributed by atoms with Crippen LogP contribution in [0.1, 0.15) is 25.0 Å². The second-order valence-electron chi connectivity index (χ2n) is 5.74. The summed E-state index contributed by atoms with van der Waals surface area (Å²) in [4.78, 5) is 0.122. The van der Waals surface area contributed by atoms with Gasteiger partial charge in [0.25, 0.3) is 10.1 Å². The van der Waals surface area contributed by atoms with Crippen LogP contribution in [0.15, 0.2) is 57.9 Å². The van der Waals surface area contributed by atoms with Gasteiger partial charge in [0.15, 0.2) is 0 Å². The average molecular weight is 394 g/mol. The predicted molar refractivity (Wildman–Crippen MR) is 91.5 cm³/mol. The van der Waals surface area contributed by atoms with Crippen LogP contribution in [0.4, 0.5) is 0 Å². The zero-order valence-electron chi connectivity index (χ0n) is 12.8. The first-order valence-corrected chi connectivity index (χ1v) is 9.10. The van der Waals surface area contributed by atoms with E-state index in [-0.39, 0.29) is 11.5 Å². The first-order chi connectivity index (χ1) is 10.7. The molecule has 0 aliphatic carbocycles. The summed E-state index contributed by atoms with van der Waals surface area (Å²) in [6.07, 6.45) is 0. The molecule has 0 unspecified atom stereocenters. The van der Waals surface area contributed by atoms with Crippen LogP contribution in [0.3, 0.4) is 0 Å². The maximum Gasteiger partial charge on any atom is 0.297 e. The fourth-order valence-electron chi connectivity index (χ4n) is 1.97. The Morgan fingerprint density at radius 2 is 1.65 bits per heavy atom. The van der Waals surface area contributed by atoms with Crippen LogP contribution in [0, 0.1) is 11.3 Å². The topological polar surface area (TPSA) is 67.2 Å². The van der Waals surface area contributed by atoms with Crippen molar-refractivity contribution in [3.8, 4) is 6.07 Å². The molecule has 0 radical (unpaired) electrons. The van der Waals surface area contributed by atoms with E-state index < -0.39 is 15.5 Å². The lowest BCUT2D eigenvalue weighted by Gasteiger charge is -2.24. The molecule has 2 aromatic rings. The summed E-state index contributed by atoms with van der Waals surface area (Å²) in [6.45, 7) is 3.80. The van der Waals surface area contributed by atoms with Gasteiger partial charge in [-0.1, -0.05) is 41.9 Å². The molecule has 0 heterocycles. The van der Waals surface area contributed by atoms with E-state index in [1.807, 2.05) is 26.0 Å². The molecule has 0 aliphatic heterocycles. The molecule has 0 saturated carbocycles. The third kappa shape index (κ3) is 4.41. The molecule has 2 aromatic carbocycles. The van der Waals surface area contributed by atoms with Crippen molar-refractivity contribution in [2.24, 2.45) is 0 Å². The summed E-state index contributed by atoms with van der Waals surface area (Å²) in [5.41, 5.74) is 0.964. The van der Waals surface area contributed by atoms with E-state index in [0.29, 0.717) is 5.56 Å². The van der Waals surface area contributed by atoms with Gasteiger partial charge in [-0.3, -0.25) is 4.18 Å². The maximum absolute atomic E-state index is 12.2. The number of nitriles is 1. The van der Waals surface area contributed by atoms with Gasteiger partial charge >= 0.3 is 0 Å². The monoisotopic (exact) mass is 393 g/mol. The summed E-state index contributed by atoms with van der Waals surface area (Å²) in [5, 5.41) is 8.83. The number of hydrogen-bond donors (Lipinski definition) is 0. The summed E-state index contributed by atoms with van der Waals surface area (Å²) in [6, 6.07) is 15.4. The highest BCUT2D eigenvalue weighted by Crippen LogP contribution is 2.26. The highest BCUT2D eigenvalue weighted by molar-refractivity contribution is 9.10. The van der Waals surface area contributed by atoms with Gasteiger partial charge in [-0.2, -0.15) is 13.7 Å². The molecule has 23 heavy (non-hydrogen) atoms. The Balaban J connectivity index is 2.14. The standard InChI is InChI=1S/C17H16BrNO3S/c1-17(2,14-5-3-13(11-19)4-6-14)12-22-23(20,21)16-9-7-15(18)8-10-16/h3-10H,12H2,1-2H3. The summed E-state index contributed by atoms with van der Waals surface area (Å²) < 4.78 is 30.5. The Morgan fingerprint density at radius 3 is 2.17 bits per heavy atom. The minimum Gasteiger partial charge on any atom is -0.265 e. The van der Waals surface area contributed by atoms with Gasteiger partial charge in [0, 0.05) is 9.89 Å². The summed E-state index contributed by atoms with van der Waals surface area (Å²) in [7, 11) is -3.80. The smallest absolute Gasteiger partial charge is 0.265 e. The van der Waals surface area contributed by atoms with Gasteiger partial charge in [-0.05, 0) is 42.0 Å². The van der Waals surface area contributed by atoms with Crippen LogP contribution in [-0.2, 0) is 19.7 Å². The number of rotatable bonds is 5. The molecule has 0 spiro atoms. The van der Waals surface area contributed by atoms with E-state index in [2.05, 4.69) is 22.0 Å². The molecule has 0 aliphatic rings. The van der Waals surface area contributed by atoms with Gasteiger partial charge < -0.3 is 0 Å². The average Bonchev–Trinajstić information content (AvgIpc) is 2.54. The van der Waals surface area contributed by atoms with Crippen LogP contribution < -0.4 is 0 Å². The maximum atomic E-state index is 12.2. The van der Waals surface area contributed by atoms with E-state index in [0.717, 1.165) is 10.0 Å². The molecule has 6 heteroatoms. The molecular formula is C17H16BrNO3S. The van der Waals surface area contributed by atoms with Crippen LogP contribution in [0.5, 0.6) is 0 Å². The lowest BCUT2D eigenvalue weighted by Crippen LogP contribution is -2.26. The third-order valence-corrected chi connectivity index (χ3v) is 5.28. The molecule has 0 saturated heterocycles. The van der Waals surface area contributed by atoms with E-state index in [1.54, 1.807) is 24.3 Å². The summed E-state index contributed by atoms with van der Waals surface area (Å²) >= 11 is 3.27. The van der Waals surface area contributed by atoms with Crippen molar-refractivity contribution in [2.75, 3.05) is 6.61 Å². The SMILES string of the molecule is CC(C)(COS(=O)(=O)c1ccc(Br)cc1)c1ccc(C#N)cc1. The highest BCUT2D eigenvalue weighted by atomic mass is 79.9. The molecule has 4 nitrogen and oxygen atoms in total. The van der Waals surface area contributed by atoms with Gasteiger partial charge in [0.2, 0.25) is 0 Å². The zero-order chi connectivity index (χ0) is 17.1. The lowest BCUT2D eigenvalue weighted by atomic mass is 9.85. The fraction of sp³-hybridized carbons (Fsp3) is 0.235. The molecule has 0 amide bonds. The molecule has 0 N–H and O–H groups in total. The molecule has 0 aromatic heterocycles. The van der Waals surface area contributed by atoms with E-state index >= 15 is 0 Å². The van der Waals surface area contributed by atoms with Crippen LogP contribution in [0.2, 0.25) is 0 Å². The van der Waals surface area contributed by atoms with Crippen molar-refractivity contribution in [1.29, 1.82) is 5.26 Å². The Morgan fingerprint density at radius 1 is 1.09 bits per heavy atom. The number of benzene rings is 2. The van der Waals surface area contributed by atoms with Crippen molar-refractivity contribution in [2.45, 2.75) is 24.2 Å². The molecule has 0 fully saturated rings. The molecule has 0 atom stereocenters. The van der Waals surface area contributed by atoms with Gasteiger partial charge in [-0.15, -0.1) is 0 Å². The lowest BCUT2D eigenvalue weighted by molar-refractivity contribution is 0.246. The van der Waals surface area contributed by atoms with E-state index in [4.69, 9.17) is 9.44 Å². The first kappa shape index (κ1) is 17.7. The second-order valence-corrected chi connectivity index (χ2v) is 8.27. The number of halogens is 1. The Labute approximate surface area is 145 Å². The van der Waals surface area contributed by atoms with Crippen molar-refractivity contribution in [1.82, 2.24) is 0 Å². The Kier molecular flexibility index (Phi) is 5.25. The van der Waals surface area contributed by atoms with Gasteiger partial charge in [-0.25, -0.2) is 0 Å². The van der Waals surface area contributed by atoms with Gasteiger partial charge in [0.1, 0.15) is 0 Å². The molecule has 120 valence electrons. The first-order valence-electron chi connectivity index (χ1n) is 6.90. The normalized spacial score (nSPS) is 11.9. The van der Waals surface area contributed by atoms with Gasteiger partial charge in [0.05, 0.1) is 23.1 Å². The minimum absolute atomic E-state index is 0.0112. The van der Waals surface area contributed by atoms with E-state index in [9.17, 15) is 8.42 Å². The molecular weight excluding hydrogens is 378 g/mol. The van der Waals surface area contributed by atoms with Crippen molar-refractivity contribution in [3.63, 3.8) is 0 Å². The highest BCUT2D eigenvalue weighted by Gasteiger charge is 2.25. The fourth-order valence-corrected chi connectivity index (χ4v) is 3.29. The van der Waals surface area contributed by atoms with Crippen molar-refractivity contribution in [3.05, 3.63) is 64.1 Å². The number of hydrogen-bond acceptors (Lipinski definition) is 4. The molecule has 0 bridgehead atoms. The van der Waals surface area contributed by atoms with Crippen molar-refractivity contribution < 1.29 is 12.6 Å². The predicted octanol–water partition coefficient (Wildman–Crippen LogP) is 4.00. The summed E-state index contributed by atoms with van der Waals surface area (Å²) in [5.74, 6) is 0. The molecule has 2 rings (SSSR count). The Hall–Kier alpha value is -1.68. The van der Waals surface area contributed by atoms with Crippen LogP contribution in [0.25, 0.3) is 0 Å². The quantitative estimate of drug-likeness (QED) is 0.719. The largest absolute Gasteiger partial charge is 0.297 e.